The number of carbonyl (C=O) groups is 3. The molecule has 3 amide bonds. The molecule has 1 aromatic heterocycles. The summed E-state index contributed by atoms with van der Waals surface area (Å²) in [5, 5.41) is 7.62. The molecule has 11 nitrogen and oxygen atoms in total. The highest BCUT2D eigenvalue weighted by Crippen LogP contribution is 2.15. The van der Waals surface area contributed by atoms with Gasteiger partial charge in [0.25, 0.3) is 0 Å². The van der Waals surface area contributed by atoms with E-state index in [-0.39, 0.29) is 31.2 Å². The zero-order chi connectivity index (χ0) is 28.7. The lowest BCUT2D eigenvalue weighted by molar-refractivity contribution is -0.131. The molecular formula is C29H40N8O3. The van der Waals surface area contributed by atoms with Crippen molar-refractivity contribution in [3.63, 3.8) is 0 Å². The number of hydrogen-bond donors (Lipinski definition) is 5. The predicted molar refractivity (Wildman–Crippen MR) is 156 cm³/mol. The number of nitrogens with two attached hydrogens (primary N) is 3. The molecule has 0 aliphatic heterocycles. The van der Waals surface area contributed by atoms with Gasteiger partial charge in [-0.2, -0.15) is 0 Å². The minimum absolute atomic E-state index is 0.0984. The van der Waals surface area contributed by atoms with Crippen molar-refractivity contribution in [1.29, 1.82) is 0 Å². The van der Waals surface area contributed by atoms with E-state index in [4.69, 9.17) is 17.3 Å². The normalized spacial score (nSPS) is 11.7. The van der Waals surface area contributed by atoms with Crippen LogP contribution in [-0.2, 0) is 22.4 Å². The van der Waals surface area contributed by atoms with Crippen molar-refractivity contribution in [2.75, 3.05) is 45.8 Å². The maximum absolute atomic E-state index is 13.4. The van der Waals surface area contributed by atoms with Gasteiger partial charge >= 0.3 is 6.03 Å². The summed E-state index contributed by atoms with van der Waals surface area (Å²) in [5.74, 6) is 5.48. The number of nitrogens with zero attached hydrogens (tertiary/aromatic N) is 3. The van der Waals surface area contributed by atoms with Gasteiger partial charge in [0, 0.05) is 57.3 Å². The van der Waals surface area contributed by atoms with Crippen molar-refractivity contribution in [2.45, 2.75) is 25.3 Å². The minimum Gasteiger partial charge on any atom is -0.339 e. The van der Waals surface area contributed by atoms with Gasteiger partial charge in [0.15, 0.2) is 5.78 Å². The number of aryl methyl sites for hydroxylation is 1. The Morgan fingerprint density at radius 1 is 0.900 bits per heavy atom. The minimum atomic E-state index is -0.805. The van der Waals surface area contributed by atoms with Gasteiger partial charge in [-0.15, -0.1) is 0 Å². The van der Waals surface area contributed by atoms with Crippen molar-refractivity contribution >= 4 is 28.6 Å². The standard InChI is InChI=1S/C29H40N8O3/c30-12-14-33-15-17-36(16-13-31)28(39)21-37(32)29(40)35-26(11-10-22-6-2-1-3-7-22)27(38)19-23-18-24-8-4-5-9-25(24)34-20-23/h1-9,18,20,26,33H,10-17,19,21,30-32H2,(H,35,40)/t26-/m0/s1. The monoisotopic (exact) mass is 548 g/mol. The molecule has 1 atom stereocenters. The van der Waals surface area contributed by atoms with Crippen LogP contribution in [0.15, 0.2) is 66.9 Å². The Bertz CT molecular complexity index is 1240. The molecule has 214 valence electrons. The van der Waals surface area contributed by atoms with Crippen LogP contribution in [0, 0.1) is 0 Å². The number of hydrazine groups is 1. The zero-order valence-electron chi connectivity index (χ0n) is 22.8. The molecule has 1 heterocycles. The highest BCUT2D eigenvalue weighted by molar-refractivity contribution is 5.91. The summed E-state index contributed by atoms with van der Waals surface area (Å²) in [7, 11) is 0. The van der Waals surface area contributed by atoms with E-state index in [2.05, 4.69) is 15.6 Å². The Morgan fingerprint density at radius 3 is 2.40 bits per heavy atom. The lowest BCUT2D eigenvalue weighted by Gasteiger charge is -2.26. The largest absolute Gasteiger partial charge is 0.339 e. The van der Waals surface area contributed by atoms with Gasteiger partial charge in [-0.25, -0.2) is 10.6 Å². The number of rotatable bonds is 16. The lowest BCUT2D eigenvalue weighted by atomic mass is 9.98. The third kappa shape index (κ3) is 9.69. The van der Waals surface area contributed by atoms with Gasteiger partial charge < -0.3 is 27.0 Å². The van der Waals surface area contributed by atoms with Gasteiger partial charge in [-0.1, -0.05) is 48.5 Å². The van der Waals surface area contributed by atoms with Crippen LogP contribution in [0.5, 0.6) is 0 Å². The van der Waals surface area contributed by atoms with Crippen molar-refractivity contribution in [3.8, 4) is 0 Å². The van der Waals surface area contributed by atoms with Gasteiger partial charge in [-0.3, -0.25) is 19.6 Å². The molecule has 8 N–H and O–H groups in total. The van der Waals surface area contributed by atoms with Crippen LogP contribution in [-0.4, -0.2) is 84.5 Å². The summed E-state index contributed by atoms with van der Waals surface area (Å²) >= 11 is 0. The number of pyridine rings is 1. The average molecular weight is 549 g/mol. The summed E-state index contributed by atoms with van der Waals surface area (Å²) in [6.07, 6.45) is 2.74. The molecule has 3 rings (SSSR count). The number of benzene rings is 2. The van der Waals surface area contributed by atoms with Gasteiger partial charge in [-0.05, 0) is 36.1 Å². The zero-order valence-corrected chi connectivity index (χ0v) is 22.8. The van der Waals surface area contributed by atoms with Crippen LogP contribution in [0.4, 0.5) is 4.79 Å². The Labute approximate surface area is 235 Å². The van der Waals surface area contributed by atoms with Crippen LogP contribution in [0.25, 0.3) is 10.9 Å². The van der Waals surface area contributed by atoms with E-state index in [1.807, 2.05) is 60.7 Å². The van der Waals surface area contributed by atoms with Crippen molar-refractivity contribution < 1.29 is 14.4 Å². The SMILES string of the molecule is NCCNCCN(CCN)C(=O)CN(N)C(=O)N[C@@H](CCc1ccccc1)C(=O)Cc1cnc2ccccc2c1. The number of aromatic nitrogens is 1. The molecule has 0 fully saturated rings. The fourth-order valence-electron chi connectivity index (χ4n) is 4.31. The molecule has 0 radical (unpaired) electrons. The maximum Gasteiger partial charge on any atom is 0.332 e. The molecule has 40 heavy (non-hydrogen) atoms. The molecule has 0 spiro atoms. The summed E-state index contributed by atoms with van der Waals surface area (Å²) in [4.78, 5) is 45.2. The maximum atomic E-state index is 13.4. The predicted octanol–water partition coefficient (Wildman–Crippen LogP) is 0.569. The fraction of sp³-hybridized carbons (Fsp3) is 0.379. The summed E-state index contributed by atoms with van der Waals surface area (Å²) in [6, 6.07) is 17.8. The number of amides is 3. The molecule has 0 aliphatic rings. The smallest absolute Gasteiger partial charge is 0.332 e. The highest BCUT2D eigenvalue weighted by atomic mass is 16.2. The topological polar surface area (TPSA) is 173 Å². The van der Waals surface area contributed by atoms with Crippen molar-refractivity contribution in [3.05, 3.63) is 78.0 Å². The van der Waals surface area contributed by atoms with Gasteiger partial charge in [0.1, 0.15) is 6.54 Å². The third-order valence-corrected chi connectivity index (χ3v) is 6.47. The van der Waals surface area contributed by atoms with E-state index >= 15 is 0 Å². The number of ketones is 1. The second-order valence-corrected chi connectivity index (χ2v) is 9.54. The van der Waals surface area contributed by atoms with E-state index in [0.29, 0.717) is 45.6 Å². The van der Waals surface area contributed by atoms with E-state index in [1.165, 1.54) is 0 Å². The number of nitrogens with one attached hydrogen (secondary N) is 2. The number of carbonyl (C=O) groups excluding carboxylic acids is 3. The average Bonchev–Trinajstić information content (AvgIpc) is 2.97. The summed E-state index contributed by atoms with van der Waals surface area (Å²) < 4.78 is 0. The Hall–Kier alpha value is -3.90. The number of hydrogen-bond acceptors (Lipinski definition) is 8. The van der Waals surface area contributed by atoms with Crippen LogP contribution in [0.3, 0.4) is 0 Å². The molecule has 2 aromatic carbocycles. The van der Waals surface area contributed by atoms with E-state index in [0.717, 1.165) is 27.0 Å². The van der Waals surface area contributed by atoms with E-state index < -0.39 is 12.1 Å². The third-order valence-electron chi connectivity index (χ3n) is 6.47. The number of Topliss-reactive ketones (excluding diaryl/α,β-unsaturated/α-hetero) is 1. The first kappa shape index (κ1) is 30.6. The summed E-state index contributed by atoms with van der Waals surface area (Å²) in [6.45, 7) is 2.32. The first-order valence-corrected chi connectivity index (χ1v) is 13.5. The molecule has 3 aromatic rings. The molecule has 0 saturated carbocycles. The van der Waals surface area contributed by atoms with Crippen LogP contribution >= 0.6 is 0 Å². The molecule has 11 heteroatoms. The molecule has 0 saturated heterocycles. The van der Waals surface area contributed by atoms with E-state index in [1.54, 1.807) is 11.1 Å². The van der Waals surface area contributed by atoms with Crippen LogP contribution in [0.1, 0.15) is 17.5 Å². The number of para-hydroxylation sites is 1. The van der Waals surface area contributed by atoms with Crippen LogP contribution in [0.2, 0.25) is 0 Å². The lowest BCUT2D eigenvalue weighted by Crippen LogP contribution is -2.54. The highest BCUT2D eigenvalue weighted by Gasteiger charge is 2.25. The second-order valence-electron chi connectivity index (χ2n) is 9.54. The van der Waals surface area contributed by atoms with Crippen LogP contribution < -0.4 is 27.9 Å². The number of urea groups is 1. The molecule has 0 aliphatic carbocycles. The molecular weight excluding hydrogens is 508 g/mol. The first-order valence-electron chi connectivity index (χ1n) is 13.5. The first-order chi connectivity index (χ1) is 19.4. The van der Waals surface area contributed by atoms with Gasteiger partial charge in [0.05, 0.1) is 11.6 Å². The fourth-order valence-corrected chi connectivity index (χ4v) is 4.31. The Morgan fingerprint density at radius 2 is 1.65 bits per heavy atom. The van der Waals surface area contributed by atoms with Crippen molar-refractivity contribution in [1.82, 2.24) is 25.5 Å². The van der Waals surface area contributed by atoms with Gasteiger partial charge in [0.2, 0.25) is 5.91 Å². The summed E-state index contributed by atoms with van der Waals surface area (Å²) in [5.41, 5.74) is 13.8. The van der Waals surface area contributed by atoms with E-state index in [9.17, 15) is 14.4 Å². The Kier molecular flexibility index (Phi) is 12.5. The second kappa shape index (κ2) is 16.3. The Balaban J connectivity index is 1.65. The number of fused-ring (bicyclic) bond motifs is 1. The quantitative estimate of drug-likeness (QED) is 0.0748. The molecule has 0 unspecified atom stereocenters. The molecule has 0 bridgehead atoms. The van der Waals surface area contributed by atoms with Crippen molar-refractivity contribution in [2.24, 2.45) is 17.3 Å².